The molecule has 13 rings (SSSR count). The Balaban J connectivity index is 0.884. The Morgan fingerprint density at radius 3 is 1.55 bits per heavy atom. The fourth-order valence-corrected chi connectivity index (χ4v) is 9.82. The van der Waals surface area contributed by atoms with Crippen molar-refractivity contribution in [2.75, 3.05) is 10.2 Å². The number of rotatable bonds is 6. The summed E-state index contributed by atoms with van der Waals surface area (Å²) in [5.74, 6) is 0. The van der Waals surface area contributed by atoms with Crippen LogP contribution < -0.4 is 10.2 Å². The number of anilines is 5. The molecular formula is C60H39N3O. The zero-order chi connectivity index (χ0) is 42.1. The summed E-state index contributed by atoms with van der Waals surface area (Å²) >= 11 is 0. The SMILES string of the molecule is c1cc2cc(c1)-c1cc(-c3ccc(N(c4ccc(-c5ccc6c(c5)oc5ccccc56)cc4)c4ccc(-n5c6ccccc6c6ccccc65)cc4)cc3)ccc1Nc1ccccc1-2. The minimum atomic E-state index is 0.896. The quantitative estimate of drug-likeness (QED) is 0.181. The summed E-state index contributed by atoms with van der Waals surface area (Å²) in [7, 11) is 0. The number of fused-ring (bicyclic) bond motifs is 12. The van der Waals surface area contributed by atoms with E-state index in [0.717, 1.165) is 72.8 Å². The van der Waals surface area contributed by atoms with Crippen LogP contribution in [-0.2, 0) is 0 Å². The number of benzene rings is 10. The van der Waals surface area contributed by atoms with Crippen LogP contribution in [-0.4, -0.2) is 4.57 Å². The number of para-hydroxylation sites is 4. The number of nitrogens with zero attached hydrogens (tertiary/aromatic N) is 2. The van der Waals surface area contributed by atoms with Crippen LogP contribution in [0.15, 0.2) is 235 Å². The first-order valence-corrected chi connectivity index (χ1v) is 21.8. The molecule has 0 fully saturated rings. The number of aromatic nitrogens is 1. The van der Waals surface area contributed by atoms with E-state index in [4.69, 9.17) is 4.42 Å². The van der Waals surface area contributed by atoms with Crippen LogP contribution in [0.2, 0.25) is 0 Å². The molecule has 2 bridgehead atoms. The molecule has 0 aliphatic carbocycles. The van der Waals surface area contributed by atoms with Gasteiger partial charge in [-0.1, -0.05) is 127 Å². The summed E-state index contributed by atoms with van der Waals surface area (Å²) in [5.41, 5.74) is 20.1. The molecule has 10 aromatic carbocycles. The van der Waals surface area contributed by atoms with E-state index in [9.17, 15) is 0 Å². The highest BCUT2D eigenvalue weighted by molar-refractivity contribution is 6.09. The van der Waals surface area contributed by atoms with Crippen molar-refractivity contribution >= 4 is 72.2 Å². The minimum Gasteiger partial charge on any atom is -0.456 e. The topological polar surface area (TPSA) is 33.3 Å². The lowest BCUT2D eigenvalue weighted by molar-refractivity contribution is 0.669. The standard InChI is InChI=1S/C60H39N3O/c1-5-16-55-49(12-1)43-10-9-11-44(36-43)54-37-41(25-35-56(54)61-55)39-20-26-45(27-21-39)62(46-28-22-40(23-29-46)42-24-34-53-52-15-4-8-19-59(52)64-60(53)38-42)47-30-32-48(33-31-47)63-57-17-6-2-13-50(57)51-14-3-7-18-58(51)63/h1-38,61H. The van der Waals surface area contributed by atoms with Gasteiger partial charge in [-0.05, 0) is 137 Å². The van der Waals surface area contributed by atoms with E-state index in [-0.39, 0.29) is 0 Å². The Labute approximate surface area is 370 Å². The summed E-state index contributed by atoms with van der Waals surface area (Å²) in [6.07, 6.45) is 0. The third kappa shape index (κ3) is 5.92. The van der Waals surface area contributed by atoms with Crippen molar-refractivity contribution in [2.24, 2.45) is 0 Å². The molecule has 1 N–H and O–H groups in total. The molecule has 300 valence electrons. The summed E-state index contributed by atoms with van der Waals surface area (Å²) in [6, 6.07) is 83.1. The van der Waals surface area contributed by atoms with E-state index in [2.05, 4.69) is 233 Å². The highest BCUT2D eigenvalue weighted by atomic mass is 16.3. The normalized spacial score (nSPS) is 11.9. The molecular weight excluding hydrogens is 779 g/mol. The van der Waals surface area contributed by atoms with Gasteiger partial charge in [-0.3, -0.25) is 0 Å². The number of hydrogen-bond donors (Lipinski definition) is 1. The third-order valence-electron chi connectivity index (χ3n) is 12.9. The molecule has 0 saturated heterocycles. The first-order valence-electron chi connectivity index (χ1n) is 21.8. The van der Waals surface area contributed by atoms with Gasteiger partial charge in [0.15, 0.2) is 0 Å². The van der Waals surface area contributed by atoms with Gasteiger partial charge in [0.25, 0.3) is 0 Å². The van der Waals surface area contributed by atoms with Gasteiger partial charge in [0.05, 0.1) is 11.0 Å². The van der Waals surface area contributed by atoms with Crippen LogP contribution in [0.3, 0.4) is 0 Å². The van der Waals surface area contributed by atoms with Gasteiger partial charge in [-0.2, -0.15) is 0 Å². The van der Waals surface area contributed by atoms with Gasteiger partial charge in [-0.15, -0.1) is 0 Å². The van der Waals surface area contributed by atoms with Crippen LogP contribution >= 0.6 is 0 Å². The van der Waals surface area contributed by atoms with Gasteiger partial charge in [-0.25, -0.2) is 0 Å². The van der Waals surface area contributed by atoms with E-state index in [1.54, 1.807) is 0 Å². The van der Waals surface area contributed by atoms with Crippen molar-refractivity contribution in [1.82, 2.24) is 4.57 Å². The molecule has 2 aromatic heterocycles. The molecule has 1 aliphatic heterocycles. The fraction of sp³-hybridized carbons (Fsp3) is 0. The Hall–Kier alpha value is -8.60. The predicted molar refractivity (Wildman–Crippen MR) is 268 cm³/mol. The number of hydrogen-bond acceptors (Lipinski definition) is 3. The highest BCUT2D eigenvalue weighted by Gasteiger charge is 2.19. The molecule has 3 heterocycles. The lowest BCUT2D eigenvalue weighted by Gasteiger charge is -2.26. The molecule has 64 heavy (non-hydrogen) atoms. The molecule has 12 aromatic rings. The third-order valence-corrected chi connectivity index (χ3v) is 12.9. The van der Waals surface area contributed by atoms with Crippen LogP contribution in [0.4, 0.5) is 28.4 Å². The maximum absolute atomic E-state index is 6.26. The van der Waals surface area contributed by atoms with Crippen molar-refractivity contribution in [3.63, 3.8) is 0 Å². The first kappa shape index (κ1) is 36.1. The van der Waals surface area contributed by atoms with Crippen molar-refractivity contribution in [2.45, 2.75) is 0 Å². The van der Waals surface area contributed by atoms with Crippen molar-refractivity contribution in [1.29, 1.82) is 0 Å². The summed E-state index contributed by atoms with van der Waals surface area (Å²) in [5, 5.41) is 8.52. The maximum atomic E-state index is 6.26. The van der Waals surface area contributed by atoms with Crippen molar-refractivity contribution < 1.29 is 4.42 Å². The zero-order valence-corrected chi connectivity index (χ0v) is 34.7. The average Bonchev–Trinajstić information content (AvgIpc) is 3.90. The molecule has 0 amide bonds. The van der Waals surface area contributed by atoms with E-state index < -0.39 is 0 Å². The molecule has 0 spiro atoms. The Morgan fingerprint density at radius 1 is 0.328 bits per heavy atom. The van der Waals surface area contributed by atoms with Gasteiger partial charge >= 0.3 is 0 Å². The van der Waals surface area contributed by atoms with Crippen LogP contribution in [0.5, 0.6) is 0 Å². The maximum Gasteiger partial charge on any atom is 0.136 e. The number of nitrogens with one attached hydrogen (secondary N) is 1. The Morgan fingerprint density at radius 2 is 0.844 bits per heavy atom. The monoisotopic (exact) mass is 817 g/mol. The van der Waals surface area contributed by atoms with Crippen LogP contribution in [0, 0.1) is 0 Å². The van der Waals surface area contributed by atoms with Gasteiger partial charge in [0.2, 0.25) is 0 Å². The molecule has 0 saturated carbocycles. The van der Waals surface area contributed by atoms with Gasteiger partial charge < -0.3 is 19.2 Å². The second kappa shape index (κ2) is 14.5. The van der Waals surface area contributed by atoms with Crippen LogP contribution in [0.25, 0.3) is 93.9 Å². The second-order valence-electron chi connectivity index (χ2n) is 16.6. The second-order valence-corrected chi connectivity index (χ2v) is 16.6. The fourth-order valence-electron chi connectivity index (χ4n) is 9.82. The summed E-state index contributed by atoms with van der Waals surface area (Å²) in [6.45, 7) is 0. The van der Waals surface area contributed by atoms with E-state index in [1.165, 1.54) is 49.6 Å². The molecule has 4 heteroatoms. The van der Waals surface area contributed by atoms with Crippen LogP contribution in [0.1, 0.15) is 0 Å². The smallest absolute Gasteiger partial charge is 0.136 e. The lowest BCUT2D eigenvalue weighted by Crippen LogP contribution is -2.10. The molecule has 4 nitrogen and oxygen atoms in total. The van der Waals surface area contributed by atoms with Crippen molar-refractivity contribution in [3.05, 3.63) is 231 Å². The number of furan rings is 1. The summed E-state index contributed by atoms with van der Waals surface area (Å²) in [4.78, 5) is 2.35. The van der Waals surface area contributed by atoms with Gasteiger partial charge in [0.1, 0.15) is 11.2 Å². The zero-order valence-electron chi connectivity index (χ0n) is 34.7. The lowest BCUT2D eigenvalue weighted by atomic mass is 9.92. The molecule has 0 unspecified atom stereocenters. The minimum absolute atomic E-state index is 0.896. The first-order chi connectivity index (χ1) is 31.7. The van der Waals surface area contributed by atoms with Crippen molar-refractivity contribution in [3.8, 4) is 50.2 Å². The largest absolute Gasteiger partial charge is 0.456 e. The highest BCUT2D eigenvalue weighted by Crippen LogP contribution is 2.43. The summed E-state index contributed by atoms with van der Waals surface area (Å²) < 4.78 is 8.63. The predicted octanol–water partition coefficient (Wildman–Crippen LogP) is 16.9. The van der Waals surface area contributed by atoms with Gasteiger partial charge in [0, 0.05) is 66.8 Å². The van der Waals surface area contributed by atoms with E-state index >= 15 is 0 Å². The molecule has 0 radical (unpaired) electrons. The Kier molecular flexibility index (Phi) is 8.18. The van der Waals surface area contributed by atoms with E-state index in [1.807, 2.05) is 12.1 Å². The molecule has 1 aliphatic rings. The molecule has 0 atom stereocenters. The Bertz CT molecular complexity index is 3690. The average molecular weight is 818 g/mol. The van der Waals surface area contributed by atoms with E-state index in [0.29, 0.717) is 0 Å².